The van der Waals surface area contributed by atoms with Gasteiger partial charge in [-0.3, -0.25) is 4.79 Å². The predicted octanol–water partition coefficient (Wildman–Crippen LogP) is 4.73. The zero-order valence-electron chi connectivity index (χ0n) is 14.1. The zero-order valence-corrected chi connectivity index (χ0v) is 15.7. The number of hydrogen-bond donors (Lipinski definition) is 1. The molecular formula is C20H22N2OS2. The van der Waals surface area contributed by atoms with Crippen LogP contribution < -0.4 is 10.6 Å². The van der Waals surface area contributed by atoms with Crippen molar-refractivity contribution in [3.8, 4) is 0 Å². The normalized spacial score (nSPS) is 18.0. The van der Waals surface area contributed by atoms with Gasteiger partial charge in [0.25, 0.3) is 5.91 Å². The number of nitrogen functional groups attached to an aromatic ring is 1. The maximum Gasteiger partial charge on any atom is 0.258 e. The molecule has 0 aromatic heterocycles. The quantitative estimate of drug-likeness (QED) is 0.776. The van der Waals surface area contributed by atoms with Crippen molar-refractivity contribution in [3.63, 3.8) is 0 Å². The smallest absolute Gasteiger partial charge is 0.258 e. The number of anilines is 2. The number of rotatable bonds is 2. The Hall–Kier alpha value is -1.59. The Morgan fingerprint density at radius 1 is 1.04 bits per heavy atom. The summed E-state index contributed by atoms with van der Waals surface area (Å²) in [5, 5.41) is 0. The summed E-state index contributed by atoms with van der Waals surface area (Å²) in [7, 11) is 0. The molecule has 3 nitrogen and oxygen atoms in total. The Morgan fingerprint density at radius 3 is 2.56 bits per heavy atom. The molecule has 0 bridgehead atoms. The Labute approximate surface area is 157 Å². The summed E-state index contributed by atoms with van der Waals surface area (Å²) < 4.78 is 0.508. The maximum absolute atomic E-state index is 13.0. The number of nitrogens with zero attached hydrogens (tertiary/aromatic N) is 1. The molecular weight excluding hydrogens is 348 g/mol. The van der Waals surface area contributed by atoms with Gasteiger partial charge in [-0.15, -0.1) is 23.5 Å². The second kappa shape index (κ2) is 7.34. The lowest BCUT2D eigenvalue weighted by atomic mass is 9.99. The van der Waals surface area contributed by atoms with E-state index in [-0.39, 0.29) is 5.91 Å². The second-order valence-corrected chi connectivity index (χ2v) is 9.18. The molecule has 25 heavy (non-hydrogen) atoms. The molecule has 130 valence electrons. The number of fused-ring (bicyclic) bond motifs is 1. The molecule has 0 saturated carbocycles. The van der Waals surface area contributed by atoms with E-state index in [9.17, 15) is 4.79 Å². The van der Waals surface area contributed by atoms with Crippen LogP contribution in [0, 0.1) is 0 Å². The Bertz CT molecular complexity index is 770. The minimum atomic E-state index is 0.0713. The molecule has 2 aromatic carbocycles. The van der Waals surface area contributed by atoms with Crippen LogP contribution in [-0.2, 0) is 6.42 Å². The highest BCUT2D eigenvalue weighted by atomic mass is 32.2. The third-order valence-corrected chi connectivity index (χ3v) is 7.80. The van der Waals surface area contributed by atoms with Crippen LogP contribution in [0.2, 0.25) is 0 Å². The van der Waals surface area contributed by atoms with Crippen LogP contribution in [0.15, 0.2) is 42.5 Å². The fourth-order valence-corrected chi connectivity index (χ4v) is 6.38. The largest absolute Gasteiger partial charge is 0.398 e. The molecule has 2 heterocycles. The van der Waals surface area contributed by atoms with Crippen molar-refractivity contribution in [2.75, 3.05) is 28.7 Å². The first-order valence-electron chi connectivity index (χ1n) is 8.76. The third kappa shape index (κ3) is 3.40. The highest BCUT2D eigenvalue weighted by Crippen LogP contribution is 2.43. The van der Waals surface area contributed by atoms with Gasteiger partial charge < -0.3 is 10.6 Å². The van der Waals surface area contributed by atoms with E-state index in [2.05, 4.69) is 12.1 Å². The molecule has 1 amide bonds. The molecule has 0 atom stereocenters. The fourth-order valence-electron chi connectivity index (χ4n) is 3.48. The van der Waals surface area contributed by atoms with E-state index in [0.717, 1.165) is 41.9 Å². The maximum atomic E-state index is 13.0. The Balaban J connectivity index is 1.57. The molecule has 1 saturated heterocycles. The molecule has 0 aliphatic carbocycles. The van der Waals surface area contributed by atoms with Gasteiger partial charge in [0, 0.05) is 23.5 Å². The number of hydrogen-bond acceptors (Lipinski definition) is 4. The van der Waals surface area contributed by atoms with Gasteiger partial charge in [0.1, 0.15) is 0 Å². The molecule has 2 N–H and O–H groups in total. The number of carbonyl (C=O) groups excluding carboxylic acids is 1. The average Bonchev–Trinajstić information content (AvgIpc) is 2.68. The molecule has 1 fully saturated rings. The number of amides is 1. The highest BCUT2D eigenvalue weighted by molar-refractivity contribution is 8.16. The first-order valence-corrected chi connectivity index (χ1v) is 10.9. The molecule has 2 aromatic rings. The standard InChI is InChI=1S/C20H22N2OS2/c21-17-5-1-6-18-16(17)4-2-11-22(18)19(23)14-7-9-15(10-8-14)20-24-12-3-13-25-20/h1,5-10,20H,2-4,11-13,21H2. The summed E-state index contributed by atoms with van der Waals surface area (Å²) in [6.07, 6.45) is 3.20. The van der Waals surface area contributed by atoms with E-state index < -0.39 is 0 Å². The highest BCUT2D eigenvalue weighted by Gasteiger charge is 2.25. The van der Waals surface area contributed by atoms with Crippen LogP contribution in [0.3, 0.4) is 0 Å². The number of carbonyl (C=O) groups is 1. The molecule has 4 rings (SSSR count). The van der Waals surface area contributed by atoms with E-state index in [0.29, 0.717) is 4.58 Å². The summed E-state index contributed by atoms with van der Waals surface area (Å²) in [5.41, 5.74) is 11.0. The molecule has 0 radical (unpaired) electrons. The fraction of sp³-hybridized carbons (Fsp3) is 0.350. The van der Waals surface area contributed by atoms with Gasteiger partial charge >= 0.3 is 0 Å². The van der Waals surface area contributed by atoms with Crippen LogP contribution in [0.25, 0.3) is 0 Å². The molecule has 0 spiro atoms. The Kier molecular flexibility index (Phi) is 4.95. The van der Waals surface area contributed by atoms with Gasteiger partial charge in [-0.05, 0) is 66.2 Å². The molecule has 0 unspecified atom stereocenters. The van der Waals surface area contributed by atoms with E-state index >= 15 is 0 Å². The minimum absolute atomic E-state index is 0.0713. The molecule has 2 aliphatic heterocycles. The third-order valence-electron chi connectivity index (χ3n) is 4.79. The van der Waals surface area contributed by atoms with Crippen molar-refractivity contribution in [2.45, 2.75) is 23.8 Å². The lowest BCUT2D eigenvalue weighted by Gasteiger charge is -2.30. The number of thioether (sulfide) groups is 2. The van der Waals surface area contributed by atoms with Gasteiger partial charge in [0.15, 0.2) is 0 Å². The van der Waals surface area contributed by atoms with Gasteiger partial charge in [0.2, 0.25) is 0 Å². The first kappa shape index (κ1) is 16.9. The average molecular weight is 371 g/mol. The van der Waals surface area contributed by atoms with Crippen LogP contribution in [0.5, 0.6) is 0 Å². The van der Waals surface area contributed by atoms with E-state index in [1.54, 1.807) is 0 Å². The summed E-state index contributed by atoms with van der Waals surface area (Å²) in [6.45, 7) is 0.755. The summed E-state index contributed by atoms with van der Waals surface area (Å²) >= 11 is 4.01. The number of benzene rings is 2. The van der Waals surface area contributed by atoms with Gasteiger partial charge in [-0.25, -0.2) is 0 Å². The lowest BCUT2D eigenvalue weighted by Crippen LogP contribution is -2.35. The second-order valence-electron chi connectivity index (χ2n) is 6.45. The molecule has 5 heteroatoms. The topological polar surface area (TPSA) is 46.3 Å². The van der Waals surface area contributed by atoms with Crippen LogP contribution in [-0.4, -0.2) is 24.0 Å². The van der Waals surface area contributed by atoms with Gasteiger partial charge in [-0.2, -0.15) is 0 Å². The van der Waals surface area contributed by atoms with Crippen LogP contribution >= 0.6 is 23.5 Å². The SMILES string of the molecule is Nc1cccc2c1CCCN2C(=O)c1ccc(C2SCCCS2)cc1. The minimum Gasteiger partial charge on any atom is -0.398 e. The lowest BCUT2D eigenvalue weighted by molar-refractivity contribution is 0.0985. The van der Waals surface area contributed by atoms with Crippen molar-refractivity contribution in [1.82, 2.24) is 0 Å². The van der Waals surface area contributed by atoms with E-state index in [1.807, 2.05) is 58.8 Å². The summed E-state index contributed by atoms with van der Waals surface area (Å²) in [4.78, 5) is 14.9. The van der Waals surface area contributed by atoms with E-state index in [4.69, 9.17) is 5.73 Å². The van der Waals surface area contributed by atoms with Crippen molar-refractivity contribution < 1.29 is 4.79 Å². The van der Waals surface area contributed by atoms with Crippen molar-refractivity contribution >= 4 is 40.8 Å². The van der Waals surface area contributed by atoms with E-state index in [1.165, 1.54) is 23.5 Å². The summed E-state index contributed by atoms with van der Waals surface area (Å²) in [5.74, 6) is 2.52. The monoisotopic (exact) mass is 370 g/mol. The van der Waals surface area contributed by atoms with Crippen molar-refractivity contribution in [3.05, 3.63) is 59.2 Å². The van der Waals surface area contributed by atoms with Crippen molar-refractivity contribution in [2.24, 2.45) is 0 Å². The van der Waals surface area contributed by atoms with Crippen molar-refractivity contribution in [1.29, 1.82) is 0 Å². The first-order chi connectivity index (χ1) is 12.2. The summed E-state index contributed by atoms with van der Waals surface area (Å²) in [6, 6.07) is 14.1. The van der Waals surface area contributed by atoms with Crippen LogP contribution in [0.4, 0.5) is 11.4 Å². The van der Waals surface area contributed by atoms with Gasteiger partial charge in [-0.1, -0.05) is 18.2 Å². The Morgan fingerprint density at radius 2 is 1.80 bits per heavy atom. The number of nitrogens with two attached hydrogens (primary N) is 1. The van der Waals surface area contributed by atoms with Crippen LogP contribution in [0.1, 0.15) is 38.9 Å². The predicted molar refractivity (Wildman–Crippen MR) is 110 cm³/mol. The van der Waals surface area contributed by atoms with Gasteiger partial charge in [0.05, 0.1) is 4.58 Å². The molecule has 2 aliphatic rings. The zero-order chi connectivity index (χ0) is 17.2.